The molecule has 1 aliphatic rings. The first-order valence-corrected chi connectivity index (χ1v) is 6.02. The molecule has 4 N–H and O–H groups in total. The molecule has 0 aromatic carbocycles. The molecule has 0 unspecified atom stereocenters. The summed E-state index contributed by atoms with van der Waals surface area (Å²) < 4.78 is 0. The van der Waals surface area contributed by atoms with Crippen LogP contribution in [0.25, 0.3) is 11.2 Å². The van der Waals surface area contributed by atoms with E-state index < -0.39 is 0 Å². The molecule has 2 aromatic heterocycles. The van der Waals surface area contributed by atoms with E-state index in [1.54, 1.807) is 0 Å². The second-order valence-electron chi connectivity index (χ2n) is 4.74. The molecule has 2 aromatic rings. The van der Waals surface area contributed by atoms with Gasteiger partial charge in [0, 0.05) is 19.0 Å². The highest BCUT2D eigenvalue weighted by Crippen LogP contribution is 2.41. The summed E-state index contributed by atoms with van der Waals surface area (Å²) in [7, 11) is 1.86. The maximum atomic E-state index is 5.89. The topological polar surface area (TPSA) is 79.6 Å². The van der Waals surface area contributed by atoms with Crippen LogP contribution in [0.5, 0.6) is 0 Å². The fourth-order valence-corrected chi connectivity index (χ4v) is 2.42. The lowest BCUT2D eigenvalue weighted by atomic mass is 9.68. The monoisotopic (exact) mass is 231 g/mol. The van der Waals surface area contributed by atoms with Crippen molar-refractivity contribution in [2.24, 2.45) is 5.73 Å². The Morgan fingerprint density at radius 1 is 1.41 bits per heavy atom. The number of rotatable bonds is 3. The van der Waals surface area contributed by atoms with Gasteiger partial charge in [-0.05, 0) is 25.0 Å². The predicted octanol–water partition coefficient (Wildman–Crippen LogP) is 1.38. The van der Waals surface area contributed by atoms with Crippen molar-refractivity contribution in [1.82, 2.24) is 15.0 Å². The zero-order valence-electron chi connectivity index (χ0n) is 9.95. The molecule has 1 saturated carbocycles. The predicted molar refractivity (Wildman–Crippen MR) is 68.0 cm³/mol. The fourth-order valence-electron chi connectivity index (χ4n) is 2.42. The van der Waals surface area contributed by atoms with E-state index in [0.29, 0.717) is 6.54 Å². The van der Waals surface area contributed by atoms with E-state index in [-0.39, 0.29) is 5.41 Å². The lowest BCUT2D eigenvalue weighted by molar-refractivity contribution is 0.240. The van der Waals surface area contributed by atoms with Gasteiger partial charge in [0.25, 0.3) is 0 Å². The largest absolute Gasteiger partial charge is 0.373 e. The zero-order chi connectivity index (χ0) is 11.9. The molecule has 0 aliphatic heterocycles. The van der Waals surface area contributed by atoms with Crippen molar-refractivity contribution in [3.63, 3.8) is 0 Å². The fraction of sp³-hybridized carbons (Fsp3) is 0.500. The molecular weight excluding hydrogens is 214 g/mol. The smallest absolute Gasteiger partial charge is 0.179 e. The van der Waals surface area contributed by atoms with Crippen LogP contribution in [0.15, 0.2) is 12.1 Å². The third-order valence-corrected chi connectivity index (χ3v) is 3.81. The Bertz CT molecular complexity index is 535. The standard InChI is InChI=1S/C12H17N5/c1-14-9-4-3-8-10(16-9)17-11(15-8)12(7-13)5-2-6-12/h3-4H,2,5-7,13H2,1H3,(H2,14,15,16,17). The minimum atomic E-state index is 0.0699. The van der Waals surface area contributed by atoms with E-state index in [2.05, 4.69) is 20.3 Å². The maximum Gasteiger partial charge on any atom is 0.179 e. The van der Waals surface area contributed by atoms with Gasteiger partial charge in [-0.3, -0.25) is 0 Å². The lowest BCUT2D eigenvalue weighted by Gasteiger charge is -2.38. The van der Waals surface area contributed by atoms with Gasteiger partial charge in [-0.2, -0.15) is 0 Å². The van der Waals surface area contributed by atoms with E-state index in [1.165, 1.54) is 6.42 Å². The molecule has 1 fully saturated rings. The second kappa shape index (κ2) is 3.70. The van der Waals surface area contributed by atoms with Gasteiger partial charge >= 0.3 is 0 Å². The molecule has 90 valence electrons. The Balaban J connectivity index is 2.07. The molecule has 0 spiro atoms. The first kappa shape index (κ1) is 10.5. The van der Waals surface area contributed by atoms with Gasteiger partial charge in [-0.15, -0.1) is 0 Å². The van der Waals surface area contributed by atoms with Gasteiger partial charge in [-0.1, -0.05) is 6.42 Å². The van der Waals surface area contributed by atoms with Gasteiger partial charge in [0.1, 0.15) is 11.6 Å². The SMILES string of the molecule is CNc1ccc2[nH]c(C3(CN)CCC3)nc2n1. The number of pyridine rings is 1. The van der Waals surface area contributed by atoms with E-state index in [1.807, 2.05) is 19.2 Å². The molecule has 0 amide bonds. The molecule has 2 heterocycles. The van der Waals surface area contributed by atoms with Crippen molar-refractivity contribution in [3.05, 3.63) is 18.0 Å². The molecule has 0 radical (unpaired) electrons. The summed E-state index contributed by atoms with van der Waals surface area (Å²) in [6.07, 6.45) is 3.49. The summed E-state index contributed by atoms with van der Waals surface area (Å²) in [6.45, 7) is 0.658. The molecule has 0 saturated heterocycles. The Morgan fingerprint density at radius 3 is 2.82 bits per heavy atom. The number of hydrogen-bond donors (Lipinski definition) is 3. The highest BCUT2D eigenvalue weighted by Gasteiger charge is 2.40. The highest BCUT2D eigenvalue weighted by atomic mass is 15.1. The van der Waals surface area contributed by atoms with Crippen LogP contribution in [0.2, 0.25) is 0 Å². The average Bonchev–Trinajstić information content (AvgIpc) is 2.70. The third-order valence-electron chi connectivity index (χ3n) is 3.81. The Morgan fingerprint density at radius 2 is 2.24 bits per heavy atom. The molecule has 5 heteroatoms. The molecule has 5 nitrogen and oxygen atoms in total. The number of imidazole rings is 1. The zero-order valence-corrected chi connectivity index (χ0v) is 9.95. The van der Waals surface area contributed by atoms with E-state index in [9.17, 15) is 0 Å². The minimum Gasteiger partial charge on any atom is -0.373 e. The van der Waals surface area contributed by atoms with Gasteiger partial charge < -0.3 is 16.0 Å². The van der Waals surface area contributed by atoms with Crippen LogP contribution < -0.4 is 11.1 Å². The first-order valence-electron chi connectivity index (χ1n) is 6.02. The van der Waals surface area contributed by atoms with Crippen LogP contribution in [-0.2, 0) is 5.41 Å². The van der Waals surface area contributed by atoms with E-state index >= 15 is 0 Å². The summed E-state index contributed by atoms with van der Waals surface area (Å²) in [5.74, 6) is 1.84. The van der Waals surface area contributed by atoms with E-state index in [0.717, 1.165) is 35.6 Å². The summed E-state index contributed by atoms with van der Waals surface area (Å²) in [5, 5.41) is 3.02. The van der Waals surface area contributed by atoms with Crippen molar-refractivity contribution in [2.75, 3.05) is 18.9 Å². The van der Waals surface area contributed by atoms with E-state index in [4.69, 9.17) is 5.73 Å². The Hall–Kier alpha value is -1.62. The number of anilines is 1. The van der Waals surface area contributed by atoms with Crippen LogP contribution in [-0.4, -0.2) is 28.5 Å². The second-order valence-corrected chi connectivity index (χ2v) is 4.74. The number of nitrogens with zero attached hydrogens (tertiary/aromatic N) is 2. The Labute approximate surface area is 99.8 Å². The number of nitrogens with two attached hydrogens (primary N) is 1. The minimum absolute atomic E-state index is 0.0699. The van der Waals surface area contributed by atoms with Crippen LogP contribution in [0.4, 0.5) is 5.82 Å². The summed E-state index contributed by atoms with van der Waals surface area (Å²) >= 11 is 0. The van der Waals surface area contributed by atoms with Crippen LogP contribution in [0, 0.1) is 0 Å². The maximum absolute atomic E-state index is 5.89. The number of hydrogen-bond acceptors (Lipinski definition) is 4. The quantitative estimate of drug-likeness (QED) is 0.745. The summed E-state index contributed by atoms with van der Waals surface area (Å²) in [6, 6.07) is 3.95. The van der Waals surface area contributed by atoms with Gasteiger partial charge in [-0.25, -0.2) is 9.97 Å². The van der Waals surface area contributed by atoms with Gasteiger partial charge in [0.15, 0.2) is 5.65 Å². The van der Waals surface area contributed by atoms with Gasteiger partial charge in [0.05, 0.1) is 5.52 Å². The summed E-state index contributed by atoms with van der Waals surface area (Å²) in [5.41, 5.74) is 7.71. The number of H-pyrrole nitrogens is 1. The first-order chi connectivity index (χ1) is 8.27. The van der Waals surface area contributed by atoms with Crippen molar-refractivity contribution in [2.45, 2.75) is 24.7 Å². The third kappa shape index (κ3) is 1.50. The molecular formula is C12H17N5. The molecule has 0 bridgehead atoms. The number of fused-ring (bicyclic) bond motifs is 1. The van der Waals surface area contributed by atoms with Crippen LogP contribution in [0.3, 0.4) is 0 Å². The van der Waals surface area contributed by atoms with Crippen molar-refractivity contribution in [3.8, 4) is 0 Å². The molecule has 1 aliphatic carbocycles. The number of aromatic nitrogens is 3. The van der Waals surface area contributed by atoms with Crippen molar-refractivity contribution >= 4 is 17.0 Å². The molecule has 17 heavy (non-hydrogen) atoms. The van der Waals surface area contributed by atoms with Crippen molar-refractivity contribution in [1.29, 1.82) is 0 Å². The van der Waals surface area contributed by atoms with Crippen LogP contribution >= 0.6 is 0 Å². The summed E-state index contributed by atoms with van der Waals surface area (Å²) in [4.78, 5) is 12.4. The number of nitrogens with one attached hydrogen (secondary N) is 2. The lowest BCUT2D eigenvalue weighted by Crippen LogP contribution is -2.42. The average molecular weight is 231 g/mol. The van der Waals surface area contributed by atoms with Gasteiger partial charge in [0.2, 0.25) is 0 Å². The molecule has 3 rings (SSSR count). The molecule has 0 atom stereocenters. The van der Waals surface area contributed by atoms with Crippen LogP contribution in [0.1, 0.15) is 25.1 Å². The number of aromatic amines is 1. The normalized spacial score (nSPS) is 18.0. The Kier molecular flexibility index (Phi) is 2.29. The highest BCUT2D eigenvalue weighted by molar-refractivity contribution is 5.73. The van der Waals surface area contributed by atoms with Crippen molar-refractivity contribution < 1.29 is 0 Å².